The van der Waals surface area contributed by atoms with Crippen molar-refractivity contribution in [2.24, 2.45) is 16.8 Å². The van der Waals surface area contributed by atoms with Crippen molar-refractivity contribution in [2.75, 3.05) is 53.5 Å². The van der Waals surface area contributed by atoms with Gasteiger partial charge in [0.2, 0.25) is 5.91 Å². The first-order chi connectivity index (χ1) is 13.7. The van der Waals surface area contributed by atoms with Crippen molar-refractivity contribution in [1.29, 1.82) is 0 Å². The first-order valence-electron chi connectivity index (χ1n) is 10.5. The molecule has 1 aromatic carbocycles. The summed E-state index contributed by atoms with van der Waals surface area (Å²) in [6.45, 7) is 4.58. The maximum atomic E-state index is 12.6. The smallest absolute Gasteiger partial charge is 0.241 e. The zero-order valence-corrected chi connectivity index (χ0v) is 17.3. The van der Waals surface area contributed by atoms with Crippen LogP contribution in [0.2, 0.25) is 0 Å². The van der Waals surface area contributed by atoms with E-state index < -0.39 is 0 Å². The molecule has 28 heavy (non-hydrogen) atoms. The Hall–Kier alpha value is -2.08. The molecule has 0 aromatic heterocycles. The number of rotatable bonds is 6. The Morgan fingerprint density at radius 3 is 2.61 bits per heavy atom. The maximum absolute atomic E-state index is 12.6. The molecule has 3 rings (SSSR count). The molecule has 2 saturated heterocycles. The molecule has 0 saturated carbocycles. The Morgan fingerprint density at radius 1 is 1.21 bits per heavy atom. The summed E-state index contributed by atoms with van der Waals surface area (Å²) in [7, 11) is 3.79. The molecule has 6 nitrogen and oxygen atoms in total. The van der Waals surface area contributed by atoms with Crippen molar-refractivity contribution < 1.29 is 9.53 Å². The minimum Gasteiger partial charge on any atom is -0.381 e. The summed E-state index contributed by atoms with van der Waals surface area (Å²) < 4.78 is 5.45. The van der Waals surface area contributed by atoms with Gasteiger partial charge in [0, 0.05) is 46.3 Å². The lowest BCUT2D eigenvalue weighted by Crippen LogP contribution is -2.48. The highest BCUT2D eigenvalue weighted by molar-refractivity contribution is 5.86. The van der Waals surface area contributed by atoms with Crippen LogP contribution in [0.3, 0.4) is 0 Å². The van der Waals surface area contributed by atoms with Gasteiger partial charge < -0.3 is 19.9 Å². The minimum absolute atomic E-state index is 0.164. The second-order valence-electron chi connectivity index (χ2n) is 8.02. The second kappa shape index (κ2) is 10.5. The lowest BCUT2D eigenvalue weighted by Gasteiger charge is -2.32. The fraction of sp³-hybridized carbons (Fsp3) is 0.636. The Labute approximate surface area is 168 Å². The summed E-state index contributed by atoms with van der Waals surface area (Å²) >= 11 is 0. The van der Waals surface area contributed by atoms with Crippen LogP contribution in [-0.2, 0) is 16.0 Å². The van der Waals surface area contributed by atoms with Crippen LogP contribution in [0.5, 0.6) is 0 Å². The SMILES string of the molecule is CN=C(NCC(=O)N1CCC(Cc2ccccc2)CC1)N(C)CC1CCOC1. The highest BCUT2D eigenvalue weighted by Crippen LogP contribution is 2.21. The molecular formula is C22H34N4O2. The number of carbonyl (C=O) groups excluding carboxylic acids is 1. The molecule has 2 fully saturated rings. The fourth-order valence-electron chi connectivity index (χ4n) is 4.19. The lowest BCUT2D eigenvalue weighted by atomic mass is 9.90. The van der Waals surface area contributed by atoms with Crippen LogP contribution in [-0.4, -0.2) is 75.2 Å². The van der Waals surface area contributed by atoms with Crippen molar-refractivity contribution in [3.8, 4) is 0 Å². The Bertz CT molecular complexity index is 635. The second-order valence-corrected chi connectivity index (χ2v) is 8.02. The van der Waals surface area contributed by atoms with Crippen molar-refractivity contribution >= 4 is 11.9 Å². The standard InChI is InChI=1S/C22H34N4O2/c1-23-22(25(2)16-20-10-13-28-17-20)24-15-21(27)26-11-8-19(9-12-26)14-18-6-4-3-5-7-18/h3-7,19-20H,8-17H2,1-2H3,(H,23,24). The first-order valence-corrected chi connectivity index (χ1v) is 10.5. The van der Waals surface area contributed by atoms with Crippen LogP contribution >= 0.6 is 0 Å². The van der Waals surface area contributed by atoms with Gasteiger partial charge in [-0.25, -0.2) is 0 Å². The number of piperidine rings is 1. The Morgan fingerprint density at radius 2 is 1.96 bits per heavy atom. The number of likely N-dealkylation sites (tertiary alicyclic amines) is 1. The van der Waals surface area contributed by atoms with Gasteiger partial charge in [0.05, 0.1) is 13.2 Å². The number of nitrogens with zero attached hydrogens (tertiary/aromatic N) is 3. The molecule has 1 N–H and O–H groups in total. The highest BCUT2D eigenvalue weighted by atomic mass is 16.5. The van der Waals surface area contributed by atoms with E-state index in [2.05, 4.69) is 45.5 Å². The zero-order chi connectivity index (χ0) is 19.8. The summed E-state index contributed by atoms with van der Waals surface area (Å²) in [6, 6.07) is 10.7. The third-order valence-corrected chi connectivity index (χ3v) is 5.86. The number of carbonyl (C=O) groups is 1. The molecule has 2 aliphatic heterocycles. The van der Waals surface area contributed by atoms with Crippen molar-refractivity contribution in [3.05, 3.63) is 35.9 Å². The number of amides is 1. The minimum atomic E-state index is 0.164. The summed E-state index contributed by atoms with van der Waals surface area (Å²) in [5, 5.41) is 3.24. The van der Waals surface area contributed by atoms with E-state index in [1.807, 2.05) is 11.9 Å². The summed E-state index contributed by atoms with van der Waals surface area (Å²) in [5.74, 6) is 2.16. The summed E-state index contributed by atoms with van der Waals surface area (Å²) in [6.07, 6.45) is 4.37. The number of aliphatic imine (C=N–C) groups is 1. The first kappa shape index (κ1) is 20.6. The van der Waals surface area contributed by atoms with Crippen molar-refractivity contribution in [3.63, 3.8) is 0 Å². The third-order valence-electron chi connectivity index (χ3n) is 5.86. The third kappa shape index (κ3) is 5.96. The number of nitrogens with one attached hydrogen (secondary N) is 1. The number of benzene rings is 1. The quantitative estimate of drug-likeness (QED) is 0.600. The van der Waals surface area contributed by atoms with Crippen LogP contribution in [0.15, 0.2) is 35.3 Å². The molecule has 1 amide bonds. The van der Waals surface area contributed by atoms with E-state index >= 15 is 0 Å². The Balaban J connectivity index is 1.38. The van der Waals surface area contributed by atoms with E-state index in [4.69, 9.17) is 4.74 Å². The van der Waals surface area contributed by atoms with Gasteiger partial charge in [-0.3, -0.25) is 9.79 Å². The topological polar surface area (TPSA) is 57.2 Å². The summed E-state index contributed by atoms with van der Waals surface area (Å²) in [5.41, 5.74) is 1.40. The monoisotopic (exact) mass is 386 g/mol. The van der Waals surface area contributed by atoms with Gasteiger partial charge in [-0.05, 0) is 37.2 Å². The molecule has 2 heterocycles. The fourth-order valence-corrected chi connectivity index (χ4v) is 4.19. The molecule has 0 spiro atoms. The van der Waals surface area contributed by atoms with Crippen LogP contribution in [0.4, 0.5) is 0 Å². The summed E-state index contributed by atoms with van der Waals surface area (Å²) in [4.78, 5) is 21.0. The highest BCUT2D eigenvalue weighted by Gasteiger charge is 2.24. The van der Waals surface area contributed by atoms with E-state index in [0.717, 1.165) is 64.5 Å². The molecule has 1 aromatic rings. The lowest BCUT2D eigenvalue weighted by molar-refractivity contribution is -0.131. The number of hydrogen-bond acceptors (Lipinski definition) is 3. The normalized spacial score (nSPS) is 21.0. The number of guanidine groups is 1. The molecule has 154 valence electrons. The van der Waals surface area contributed by atoms with Crippen LogP contribution in [0.1, 0.15) is 24.8 Å². The van der Waals surface area contributed by atoms with Crippen molar-refractivity contribution in [2.45, 2.75) is 25.7 Å². The van der Waals surface area contributed by atoms with Gasteiger partial charge in [0.25, 0.3) is 0 Å². The Kier molecular flexibility index (Phi) is 7.71. The number of ether oxygens (including phenoxy) is 1. The zero-order valence-electron chi connectivity index (χ0n) is 17.3. The number of hydrogen-bond donors (Lipinski definition) is 1. The van der Waals surface area contributed by atoms with E-state index in [-0.39, 0.29) is 5.91 Å². The molecule has 2 aliphatic rings. The van der Waals surface area contributed by atoms with E-state index in [0.29, 0.717) is 18.4 Å². The molecule has 6 heteroatoms. The molecule has 0 aliphatic carbocycles. The molecular weight excluding hydrogens is 352 g/mol. The van der Waals surface area contributed by atoms with Gasteiger partial charge in [-0.15, -0.1) is 0 Å². The maximum Gasteiger partial charge on any atom is 0.241 e. The van der Waals surface area contributed by atoms with E-state index in [1.54, 1.807) is 7.05 Å². The van der Waals surface area contributed by atoms with Crippen molar-refractivity contribution in [1.82, 2.24) is 15.1 Å². The average molecular weight is 387 g/mol. The molecule has 0 bridgehead atoms. The van der Waals surface area contributed by atoms with E-state index in [1.165, 1.54) is 5.56 Å². The van der Waals surface area contributed by atoms with Gasteiger partial charge in [-0.1, -0.05) is 30.3 Å². The molecule has 1 atom stereocenters. The van der Waals surface area contributed by atoms with E-state index in [9.17, 15) is 4.79 Å². The van der Waals surface area contributed by atoms with Gasteiger partial charge in [0.1, 0.15) is 0 Å². The van der Waals surface area contributed by atoms with Crippen LogP contribution < -0.4 is 5.32 Å². The van der Waals surface area contributed by atoms with Gasteiger partial charge in [-0.2, -0.15) is 0 Å². The molecule has 1 unspecified atom stereocenters. The predicted octanol–water partition coefficient (Wildman–Crippen LogP) is 2.01. The van der Waals surface area contributed by atoms with Gasteiger partial charge >= 0.3 is 0 Å². The predicted molar refractivity (Wildman–Crippen MR) is 112 cm³/mol. The molecule has 0 radical (unpaired) electrons. The average Bonchev–Trinajstić information content (AvgIpc) is 3.22. The van der Waals surface area contributed by atoms with Crippen LogP contribution in [0, 0.1) is 11.8 Å². The largest absolute Gasteiger partial charge is 0.381 e. The van der Waals surface area contributed by atoms with Gasteiger partial charge in [0.15, 0.2) is 5.96 Å². The van der Waals surface area contributed by atoms with Crippen LogP contribution in [0.25, 0.3) is 0 Å².